The summed E-state index contributed by atoms with van der Waals surface area (Å²) >= 11 is 1.24. The van der Waals surface area contributed by atoms with Crippen LogP contribution in [0.4, 0.5) is 4.39 Å². The van der Waals surface area contributed by atoms with Gasteiger partial charge in [-0.05, 0) is 6.07 Å². The number of hydrogen-bond donors (Lipinski definition) is 1. The fraction of sp³-hybridized carbons (Fsp3) is 0.100. The zero-order valence-corrected chi connectivity index (χ0v) is 7.94. The van der Waals surface area contributed by atoms with Gasteiger partial charge >= 0.3 is 0 Å². The zero-order chi connectivity index (χ0) is 10.1. The topological polar surface area (TPSA) is 44.0 Å². The number of thiophene rings is 1. The molecule has 0 aliphatic carbocycles. The first-order valence-electron chi connectivity index (χ1n) is 3.98. The number of hydrogen-bond acceptors (Lipinski definition) is 3. The van der Waals surface area contributed by atoms with Crippen LogP contribution >= 0.6 is 11.3 Å². The second-order valence-corrected chi connectivity index (χ2v) is 3.78. The minimum Gasteiger partial charge on any atom is -0.507 e. The Kier molecular flexibility index (Phi) is 2.10. The Labute approximate surface area is 83.8 Å². The summed E-state index contributed by atoms with van der Waals surface area (Å²) in [5, 5.41) is 19.7. The van der Waals surface area contributed by atoms with Crippen LogP contribution in [0, 0.1) is 17.1 Å². The Bertz CT molecular complexity index is 527. The third-order valence-corrected chi connectivity index (χ3v) is 2.94. The van der Waals surface area contributed by atoms with Crippen LogP contribution in [-0.2, 0) is 6.42 Å². The average molecular weight is 207 g/mol. The predicted molar refractivity (Wildman–Crippen MR) is 52.8 cm³/mol. The van der Waals surface area contributed by atoms with Crippen LogP contribution in [0.1, 0.15) is 5.56 Å². The van der Waals surface area contributed by atoms with Crippen molar-refractivity contribution in [2.24, 2.45) is 0 Å². The Balaban J connectivity index is 2.74. The van der Waals surface area contributed by atoms with Gasteiger partial charge in [-0.3, -0.25) is 0 Å². The molecule has 70 valence electrons. The maximum absolute atomic E-state index is 13.2. The number of aromatic hydroxyl groups is 1. The molecule has 14 heavy (non-hydrogen) atoms. The molecule has 1 aromatic carbocycles. The molecule has 0 fully saturated rings. The van der Waals surface area contributed by atoms with Gasteiger partial charge in [-0.15, -0.1) is 11.3 Å². The highest BCUT2D eigenvalue weighted by Gasteiger charge is 2.11. The molecule has 0 atom stereocenters. The van der Waals surface area contributed by atoms with E-state index in [4.69, 9.17) is 5.26 Å². The van der Waals surface area contributed by atoms with Crippen LogP contribution in [-0.4, -0.2) is 5.11 Å². The van der Waals surface area contributed by atoms with Crippen molar-refractivity contribution in [3.63, 3.8) is 0 Å². The summed E-state index contributed by atoms with van der Waals surface area (Å²) in [6.45, 7) is 0. The first-order valence-corrected chi connectivity index (χ1v) is 4.86. The van der Waals surface area contributed by atoms with E-state index in [1.165, 1.54) is 16.7 Å². The van der Waals surface area contributed by atoms with Crippen molar-refractivity contribution in [2.75, 3.05) is 0 Å². The molecule has 2 aromatic rings. The van der Waals surface area contributed by atoms with Crippen LogP contribution in [0.2, 0.25) is 0 Å². The molecule has 2 rings (SSSR count). The third kappa shape index (κ3) is 1.22. The Morgan fingerprint density at radius 3 is 3.00 bits per heavy atom. The monoisotopic (exact) mass is 207 g/mol. The summed E-state index contributed by atoms with van der Waals surface area (Å²) in [4.78, 5) is 0. The van der Waals surface area contributed by atoms with E-state index in [2.05, 4.69) is 0 Å². The van der Waals surface area contributed by atoms with Crippen LogP contribution in [0.15, 0.2) is 17.5 Å². The molecule has 2 nitrogen and oxygen atoms in total. The van der Waals surface area contributed by atoms with Crippen LogP contribution < -0.4 is 0 Å². The lowest BCUT2D eigenvalue weighted by atomic mass is 10.1. The molecule has 0 radical (unpaired) electrons. The Morgan fingerprint density at radius 1 is 1.50 bits per heavy atom. The number of rotatable bonds is 1. The highest BCUT2D eigenvalue weighted by molar-refractivity contribution is 7.17. The van der Waals surface area contributed by atoms with Crippen LogP contribution in [0.3, 0.4) is 0 Å². The molecule has 0 saturated heterocycles. The molecule has 0 amide bonds. The van der Waals surface area contributed by atoms with E-state index in [1.807, 2.05) is 6.07 Å². The van der Waals surface area contributed by atoms with Crippen molar-refractivity contribution in [1.82, 2.24) is 0 Å². The van der Waals surface area contributed by atoms with Crippen molar-refractivity contribution in [3.8, 4) is 11.8 Å². The van der Waals surface area contributed by atoms with Gasteiger partial charge in [0.25, 0.3) is 0 Å². The summed E-state index contributed by atoms with van der Waals surface area (Å²) in [5.41, 5.74) is 0.470. The van der Waals surface area contributed by atoms with E-state index < -0.39 is 5.82 Å². The first kappa shape index (κ1) is 8.97. The number of fused-ring (bicyclic) bond motifs is 1. The largest absolute Gasteiger partial charge is 0.507 e. The van der Waals surface area contributed by atoms with E-state index in [9.17, 15) is 9.50 Å². The van der Waals surface area contributed by atoms with Gasteiger partial charge in [0, 0.05) is 15.6 Å². The molecule has 1 aromatic heterocycles. The lowest BCUT2D eigenvalue weighted by Gasteiger charge is -2.00. The van der Waals surface area contributed by atoms with Crippen molar-refractivity contribution in [1.29, 1.82) is 5.26 Å². The van der Waals surface area contributed by atoms with Gasteiger partial charge in [0.1, 0.15) is 11.6 Å². The molecule has 0 saturated carbocycles. The maximum atomic E-state index is 13.2. The van der Waals surface area contributed by atoms with Gasteiger partial charge in [-0.2, -0.15) is 5.26 Å². The number of phenols is 1. The molecule has 4 heteroatoms. The predicted octanol–water partition coefficient (Wildman–Crippen LogP) is 2.81. The summed E-state index contributed by atoms with van der Waals surface area (Å²) in [5.74, 6) is -0.537. The summed E-state index contributed by atoms with van der Waals surface area (Å²) in [6.07, 6.45) is 0.0943. The minimum atomic E-state index is -0.428. The van der Waals surface area contributed by atoms with Gasteiger partial charge in [0.05, 0.1) is 17.9 Å². The first-order chi connectivity index (χ1) is 6.74. The highest BCUT2D eigenvalue weighted by Crippen LogP contribution is 2.34. The van der Waals surface area contributed by atoms with Gasteiger partial charge in [0.2, 0.25) is 0 Å². The van der Waals surface area contributed by atoms with E-state index in [0.717, 1.165) is 0 Å². The second kappa shape index (κ2) is 3.28. The molecule has 1 heterocycles. The van der Waals surface area contributed by atoms with E-state index in [1.54, 1.807) is 12.1 Å². The summed E-state index contributed by atoms with van der Waals surface area (Å²) in [7, 11) is 0. The third-order valence-electron chi connectivity index (χ3n) is 2.02. The zero-order valence-electron chi connectivity index (χ0n) is 7.12. The molecule has 0 aliphatic rings. The van der Waals surface area contributed by atoms with Crippen LogP contribution in [0.25, 0.3) is 10.1 Å². The number of benzene rings is 1. The Hall–Kier alpha value is -1.60. The molecule has 0 unspecified atom stereocenters. The molecule has 0 aliphatic heterocycles. The fourth-order valence-corrected chi connectivity index (χ4v) is 2.15. The molecular weight excluding hydrogens is 201 g/mol. The highest BCUT2D eigenvalue weighted by atomic mass is 32.1. The maximum Gasteiger partial charge on any atom is 0.145 e. The van der Waals surface area contributed by atoms with Gasteiger partial charge in [-0.1, -0.05) is 6.07 Å². The summed E-state index contributed by atoms with van der Waals surface area (Å²) in [6, 6.07) is 5.29. The van der Waals surface area contributed by atoms with Gasteiger partial charge in [0.15, 0.2) is 0 Å². The SMILES string of the molecule is N#CCc1ccc2scc(F)c2c1O. The number of phenolic OH excluding ortho intramolecular Hbond substituents is 1. The lowest BCUT2D eigenvalue weighted by Crippen LogP contribution is -1.83. The molecular formula is C10H6FNOS. The second-order valence-electron chi connectivity index (χ2n) is 2.86. The fourth-order valence-electron chi connectivity index (χ4n) is 1.35. The van der Waals surface area contributed by atoms with E-state index in [0.29, 0.717) is 10.3 Å². The molecule has 0 bridgehead atoms. The van der Waals surface area contributed by atoms with Crippen molar-refractivity contribution in [3.05, 3.63) is 28.9 Å². The number of halogens is 1. The van der Waals surface area contributed by atoms with Crippen molar-refractivity contribution < 1.29 is 9.50 Å². The van der Waals surface area contributed by atoms with E-state index in [-0.39, 0.29) is 17.6 Å². The number of nitrogens with zero attached hydrogens (tertiary/aromatic N) is 1. The Morgan fingerprint density at radius 2 is 2.29 bits per heavy atom. The van der Waals surface area contributed by atoms with E-state index >= 15 is 0 Å². The minimum absolute atomic E-state index is 0.0943. The van der Waals surface area contributed by atoms with Gasteiger partial charge < -0.3 is 5.11 Å². The average Bonchev–Trinajstić information content (AvgIpc) is 2.54. The normalized spacial score (nSPS) is 10.3. The molecule has 0 spiro atoms. The summed E-state index contributed by atoms with van der Waals surface area (Å²) < 4.78 is 13.9. The lowest BCUT2D eigenvalue weighted by molar-refractivity contribution is 0.473. The standard InChI is InChI=1S/C10H6FNOS/c11-7-5-14-8-2-1-6(3-4-12)10(13)9(7)8/h1-2,5,13H,3H2. The number of nitriles is 1. The smallest absolute Gasteiger partial charge is 0.145 e. The quantitative estimate of drug-likeness (QED) is 0.781. The molecule has 1 N–H and O–H groups in total. The van der Waals surface area contributed by atoms with Crippen molar-refractivity contribution in [2.45, 2.75) is 6.42 Å². The van der Waals surface area contributed by atoms with Crippen LogP contribution in [0.5, 0.6) is 5.75 Å². The van der Waals surface area contributed by atoms with Crippen molar-refractivity contribution >= 4 is 21.4 Å². The van der Waals surface area contributed by atoms with Gasteiger partial charge in [-0.25, -0.2) is 4.39 Å².